The minimum atomic E-state index is -0.268. The molecule has 1 aliphatic heterocycles. The zero-order chi connectivity index (χ0) is 15.6. The van der Waals surface area contributed by atoms with Gasteiger partial charge in [-0.1, -0.05) is 0 Å². The van der Waals surface area contributed by atoms with E-state index in [0.29, 0.717) is 12.5 Å². The van der Waals surface area contributed by atoms with E-state index in [9.17, 15) is 5.11 Å². The van der Waals surface area contributed by atoms with Crippen molar-refractivity contribution >= 4 is 20.9 Å². The second-order valence-electron chi connectivity index (χ2n) is 7.05. The average Bonchev–Trinajstić information content (AvgIpc) is 3.02. The van der Waals surface area contributed by atoms with Crippen molar-refractivity contribution in [3.63, 3.8) is 0 Å². The van der Waals surface area contributed by atoms with Crippen LogP contribution in [0.25, 0.3) is 0 Å². The van der Waals surface area contributed by atoms with E-state index >= 15 is 0 Å². The molecule has 5 radical (unpaired) electrons. The van der Waals surface area contributed by atoms with Crippen molar-refractivity contribution in [3.8, 4) is 0 Å². The predicted molar refractivity (Wildman–Crippen MR) is 87.4 cm³/mol. The van der Waals surface area contributed by atoms with Crippen molar-refractivity contribution < 1.29 is 9.84 Å². The Kier molecular flexibility index (Phi) is 5.78. The number of hydrogen-bond acceptors (Lipinski definition) is 3. The fraction of sp³-hybridized carbons (Fsp3) is 0.647. The Balaban J connectivity index is 1.91. The molecule has 1 fully saturated rings. The summed E-state index contributed by atoms with van der Waals surface area (Å²) in [5.74, 6) is 2.43. The molecule has 0 amide bonds. The van der Waals surface area contributed by atoms with Gasteiger partial charge in [0.2, 0.25) is 0 Å². The molecule has 0 aromatic carbocycles. The van der Waals surface area contributed by atoms with Crippen LogP contribution in [0.4, 0.5) is 0 Å². The van der Waals surface area contributed by atoms with E-state index in [1.54, 1.807) is 0 Å². The molecule has 1 heterocycles. The third kappa shape index (κ3) is 4.46. The van der Waals surface area contributed by atoms with Crippen LogP contribution in [-0.2, 0) is 4.74 Å². The molecule has 0 spiro atoms. The normalized spacial score (nSPS) is 26.2. The number of hydrogen-bond donors (Lipinski definition) is 1. The van der Waals surface area contributed by atoms with Gasteiger partial charge in [0.15, 0.2) is 0 Å². The minimum absolute atomic E-state index is 0.0569. The first-order valence-corrected chi connectivity index (χ1v) is 9.63. The monoisotopic (exact) mass is 356 g/mol. The van der Waals surface area contributed by atoms with Crippen LogP contribution >= 0.6 is 0 Å². The van der Waals surface area contributed by atoms with Crippen LogP contribution in [0, 0.1) is 41.3 Å². The Hall–Kier alpha value is -0.0505. The quantitative estimate of drug-likeness (QED) is 0.771. The first-order chi connectivity index (χ1) is 9.79. The summed E-state index contributed by atoms with van der Waals surface area (Å²) in [6, 6.07) is 0.274. The van der Waals surface area contributed by atoms with Crippen molar-refractivity contribution in [2.75, 3.05) is 6.61 Å². The Morgan fingerprint density at radius 2 is 2.10 bits per heavy atom. The molecule has 21 heavy (non-hydrogen) atoms. The van der Waals surface area contributed by atoms with Gasteiger partial charge in [-0.25, -0.2) is 0 Å². The average molecular weight is 355 g/mol. The zero-order valence-corrected chi connectivity index (χ0v) is 15.3. The van der Waals surface area contributed by atoms with Crippen LogP contribution in [0.1, 0.15) is 34.6 Å². The van der Waals surface area contributed by atoms with Gasteiger partial charge in [-0.15, -0.1) is 0 Å². The molecule has 2 aliphatic rings. The summed E-state index contributed by atoms with van der Waals surface area (Å²) in [6.45, 7) is 11.3. The fourth-order valence-electron chi connectivity index (χ4n) is 2.00. The van der Waals surface area contributed by atoms with Crippen LogP contribution in [-0.4, -0.2) is 44.7 Å². The number of ether oxygens (including phenoxy) is 1. The molecule has 3 nitrogen and oxygen atoms in total. The third-order valence-corrected chi connectivity index (χ3v) is 6.26. The molecule has 1 saturated carbocycles. The molecule has 4 heteroatoms. The number of aliphatic imine (C=N–C) groups is 1. The second kappa shape index (κ2) is 7.02. The number of aliphatic hydroxyl groups excluding tert-OH is 1. The molecule has 0 aromatic rings. The van der Waals surface area contributed by atoms with Crippen molar-refractivity contribution in [3.05, 3.63) is 30.0 Å². The van der Waals surface area contributed by atoms with Crippen molar-refractivity contribution in [2.45, 2.75) is 52.1 Å². The van der Waals surface area contributed by atoms with Gasteiger partial charge in [0.05, 0.1) is 0 Å². The summed E-state index contributed by atoms with van der Waals surface area (Å²) < 4.78 is 5.78. The maximum atomic E-state index is 10.2. The van der Waals surface area contributed by atoms with Gasteiger partial charge in [-0.2, -0.15) is 0 Å². The van der Waals surface area contributed by atoms with Crippen LogP contribution in [0.5, 0.6) is 0 Å². The summed E-state index contributed by atoms with van der Waals surface area (Å²) in [6.07, 6.45) is 6.02. The van der Waals surface area contributed by atoms with E-state index in [4.69, 9.17) is 9.73 Å². The number of nitrogens with zero attached hydrogens (tertiary/aromatic N) is 1. The van der Waals surface area contributed by atoms with Gasteiger partial charge in [-0.05, 0) is 0 Å². The first-order valence-electron chi connectivity index (χ1n) is 7.56. The molecule has 2 atom stereocenters. The summed E-state index contributed by atoms with van der Waals surface area (Å²) in [7, 11) is 0. The van der Waals surface area contributed by atoms with E-state index in [1.807, 2.05) is 0 Å². The van der Waals surface area contributed by atoms with Crippen molar-refractivity contribution in [1.29, 1.82) is 0 Å². The summed E-state index contributed by atoms with van der Waals surface area (Å²) >= 11 is 0.243. The van der Waals surface area contributed by atoms with Gasteiger partial charge < -0.3 is 0 Å². The molecule has 0 saturated heterocycles. The fourth-order valence-corrected chi connectivity index (χ4v) is 4.78. The second-order valence-corrected chi connectivity index (χ2v) is 9.28. The van der Waals surface area contributed by atoms with E-state index in [0.717, 1.165) is 17.1 Å². The Labute approximate surface area is 136 Å². The predicted octanol–water partition coefficient (Wildman–Crippen LogP) is 2.70. The molecule has 117 valence electrons. The van der Waals surface area contributed by atoms with Gasteiger partial charge >= 0.3 is 136 Å². The van der Waals surface area contributed by atoms with Gasteiger partial charge in [0.25, 0.3) is 0 Å². The van der Waals surface area contributed by atoms with E-state index in [1.165, 1.54) is 4.82 Å². The molecule has 1 aliphatic carbocycles. The summed E-state index contributed by atoms with van der Waals surface area (Å²) in [5, 5.41) is 11.0. The van der Waals surface area contributed by atoms with E-state index < -0.39 is 0 Å². The first kappa shape index (κ1) is 17.3. The molecule has 0 aromatic heterocycles. The number of rotatable bonds is 5. The third-order valence-electron chi connectivity index (χ3n) is 3.85. The van der Waals surface area contributed by atoms with E-state index in [2.05, 4.69) is 53.9 Å². The van der Waals surface area contributed by atoms with E-state index in [-0.39, 0.29) is 32.5 Å². The van der Waals surface area contributed by atoms with Gasteiger partial charge in [0.1, 0.15) is 0 Å². The number of aliphatic hydroxyl groups is 1. The Morgan fingerprint density at radius 3 is 2.67 bits per heavy atom. The van der Waals surface area contributed by atoms with Crippen molar-refractivity contribution in [2.24, 2.45) is 16.3 Å². The standard InChI is InChI=1S/C17H26NO2Se/c1-11(2)13-9-20-16(18-13)12-7-6-8-14(12)21-10-15(19)17(3,4)5/h6-8,11,13,15,19H,9-10H2,1-5H3/t13-,15?/m1/s1. The summed E-state index contributed by atoms with van der Waals surface area (Å²) in [4.78, 5) is 5.99. The van der Waals surface area contributed by atoms with Crippen LogP contribution in [0.15, 0.2) is 4.99 Å². The van der Waals surface area contributed by atoms with Gasteiger partial charge in [0, 0.05) is 0 Å². The molecular weight excluding hydrogens is 329 g/mol. The van der Waals surface area contributed by atoms with Crippen molar-refractivity contribution in [1.82, 2.24) is 0 Å². The molecular formula is C17H26NO2Se. The Bertz CT molecular complexity index is 375. The topological polar surface area (TPSA) is 41.8 Å². The molecule has 2 rings (SSSR count). The van der Waals surface area contributed by atoms with Crippen LogP contribution in [0.2, 0.25) is 5.32 Å². The Morgan fingerprint density at radius 1 is 1.38 bits per heavy atom. The summed E-state index contributed by atoms with van der Waals surface area (Å²) in [5.41, 5.74) is -0.0569. The van der Waals surface area contributed by atoms with Crippen LogP contribution in [0.3, 0.4) is 0 Å². The molecule has 1 unspecified atom stereocenters. The van der Waals surface area contributed by atoms with Crippen LogP contribution < -0.4 is 0 Å². The maximum absolute atomic E-state index is 10.2. The zero-order valence-electron chi connectivity index (χ0n) is 13.6. The SMILES string of the molecule is CC(C)[C@H]1COC([C]2[CH][CH][CH][C]2[Se]CC(O)C(C)(C)C)=N1. The molecule has 0 bridgehead atoms. The molecule has 1 N–H and O–H groups in total. The van der Waals surface area contributed by atoms with Gasteiger partial charge in [-0.3, -0.25) is 0 Å².